The topological polar surface area (TPSA) is 101 Å². The van der Waals surface area contributed by atoms with Gasteiger partial charge in [-0.15, -0.1) is 0 Å². The highest BCUT2D eigenvalue weighted by molar-refractivity contribution is 7.92. The molecule has 0 saturated carbocycles. The summed E-state index contributed by atoms with van der Waals surface area (Å²) in [5.41, 5.74) is -0.795. The van der Waals surface area contributed by atoms with Crippen molar-refractivity contribution < 1.29 is 17.7 Å². The van der Waals surface area contributed by atoms with Gasteiger partial charge < -0.3 is 5.32 Å². The van der Waals surface area contributed by atoms with Crippen LogP contribution in [0.5, 0.6) is 0 Å². The van der Waals surface area contributed by atoms with E-state index in [0.29, 0.717) is 13.0 Å². The minimum atomic E-state index is -3.75. The van der Waals surface area contributed by atoms with Crippen molar-refractivity contribution in [3.8, 4) is 0 Å². The molecule has 1 aromatic rings. The molecule has 0 radical (unpaired) electrons. The van der Waals surface area contributed by atoms with E-state index in [1.165, 1.54) is 0 Å². The molecule has 1 aromatic carbocycles. The fourth-order valence-electron chi connectivity index (χ4n) is 1.58. The van der Waals surface area contributed by atoms with Crippen LogP contribution in [0.4, 0.5) is 15.8 Å². The van der Waals surface area contributed by atoms with Crippen molar-refractivity contribution in [1.82, 2.24) is 5.32 Å². The van der Waals surface area contributed by atoms with Gasteiger partial charge in [-0.1, -0.05) is 13.8 Å². The molecule has 0 heterocycles. The molecule has 0 aliphatic rings. The number of anilines is 1. The Morgan fingerprint density at radius 3 is 2.62 bits per heavy atom. The molecule has 0 atom stereocenters. The Labute approximate surface area is 122 Å². The summed E-state index contributed by atoms with van der Waals surface area (Å²) in [6, 6.07) is 2.93. The summed E-state index contributed by atoms with van der Waals surface area (Å²) in [5.74, 6) is -1.06. The Morgan fingerprint density at radius 2 is 2.05 bits per heavy atom. The van der Waals surface area contributed by atoms with Crippen molar-refractivity contribution in [1.29, 1.82) is 0 Å². The molecule has 7 nitrogen and oxygen atoms in total. The Kier molecular flexibility index (Phi) is 6.03. The van der Waals surface area contributed by atoms with E-state index in [4.69, 9.17) is 0 Å². The first-order valence-electron chi connectivity index (χ1n) is 6.39. The molecule has 1 rings (SSSR count). The molecular weight excluding hydrogens is 301 g/mol. The average molecular weight is 319 g/mol. The zero-order valence-electron chi connectivity index (χ0n) is 11.8. The molecule has 0 fully saturated rings. The molecule has 0 bridgehead atoms. The zero-order chi connectivity index (χ0) is 16.0. The summed E-state index contributed by atoms with van der Waals surface area (Å²) < 4.78 is 39.1. The van der Waals surface area contributed by atoms with Crippen molar-refractivity contribution in [2.45, 2.75) is 26.3 Å². The number of hydrogen-bond donors (Lipinski definition) is 2. The summed E-state index contributed by atoms with van der Waals surface area (Å²) in [6.07, 6.45) is 0.351. The largest absolute Gasteiger partial charge is 0.314 e. The number of hydrogen-bond acceptors (Lipinski definition) is 5. The Hall–Kier alpha value is -1.74. The summed E-state index contributed by atoms with van der Waals surface area (Å²) in [4.78, 5) is 9.88. The fourth-order valence-corrected chi connectivity index (χ4v) is 2.69. The van der Waals surface area contributed by atoms with E-state index in [1.807, 2.05) is 18.6 Å². The molecule has 0 aromatic heterocycles. The lowest BCUT2D eigenvalue weighted by Gasteiger charge is -2.10. The van der Waals surface area contributed by atoms with Crippen LogP contribution in [-0.2, 0) is 10.0 Å². The molecular formula is C12H18FN3O4S. The average Bonchev–Trinajstić information content (AvgIpc) is 2.36. The smallest absolute Gasteiger partial charge is 0.271 e. The molecule has 9 heteroatoms. The monoisotopic (exact) mass is 319 g/mol. The SMILES string of the molecule is CC(C)NCCCS(=O)(=O)Nc1cc([N+](=O)[O-])ccc1F. The van der Waals surface area contributed by atoms with Crippen molar-refractivity contribution in [2.24, 2.45) is 0 Å². The normalized spacial score (nSPS) is 11.6. The minimum Gasteiger partial charge on any atom is -0.314 e. The second kappa shape index (κ2) is 7.32. The predicted molar refractivity (Wildman–Crippen MR) is 78.2 cm³/mol. The molecule has 118 valence electrons. The van der Waals surface area contributed by atoms with Crippen molar-refractivity contribution >= 4 is 21.4 Å². The lowest BCUT2D eigenvalue weighted by molar-refractivity contribution is -0.384. The Morgan fingerprint density at radius 1 is 1.38 bits per heavy atom. The number of nitro groups is 1. The van der Waals surface area contributed by atoms with Crippen LogP contribution in [0.3, 0.4) is 0 Å². The summed E-state index contributed by atoms with van der Waals surface area (Å²) in [5, 5.41) is 13.7. The van der Waals surface area contributed by atoms with Crippen LogP contribution < -0.4 is 10.0 Å². The number of nitrogens with zero attached hydrogens (tertiary/aromatic N) is 1. The number of nitro benzene ring substituents is 1. The number of sulfonamides is 1. The molecule has 0 aliphatic heterocycles. The fraction of sp³-hybridized carbons (Fsp3) is 0.500. The third kappa shape index (κ3) is 6.05. The summed E-state index contributed by atoms with van der Waals surface area (Å²) in [6.45, 7) is 4.38. The first kappa shape index (κ1) is 17.3. The zero-order valence-corrected chi connectivity index (χ0v) is 12.6. The van der Waals surface area contributed by atoms with Gasteiger partial charge in [-0.2, -0.15) is 0 Å². The number of halogens is 1. The molecule has 0 spiro atoms. The van der Waals surface area contributed by atoms with Crippen molar-refractivity contribution in [2.75, 3.05) is 17.0 Å². The van der Waals surface area contributed by atoms with Gasteiger partial charge in [0.05, 0.1) is 16.4 Å². The lowest BCUT2D eigenvalue weighted by Crippen LogP contribution is -2.26. The Balaban J connectivity index is 2.70. The van der Waals surface area contributed by atoms with E-state index in [1.54, 1.807) is 0 Å². The van der Waals surface area contributed by atoms with Gasteiger partial charge in [0.25, 0.3) is 5.69 Å². The number of non-ortho nitro benzene ring substituents is 1. The second-order valence-corrected chi connectivity index (χ2v) is 6.65. The van der Waals surface area contributed by atoms with Gasteiger partial charge in [-0.3, -0.25) is 14.8 Å². The highest BCUT2D eigenvalue weighted by Gasteiger charge is 2.16. The number of rotatable bonds is 8. The summed E-state index contributed by atoms with van der Waals surface area (Å²) >= 11 is 0. The molecule has 0 saturated heterocycles. The highest BCUT2D eigenvalue weighted by Crippen LogP contribution is 2.22. The van der Waals surface area contributed by atoms with Gasteiger partial charge in [0.15, 0.2) is 0 Å². The van der Waals surface area contributed by atoms with E-state index in [2.05, 4.69) is 5.32 Å². The molecule has 2 N–H and O–H groups in total. The molecule has 21 heavy (non-hydrogen) atoms. The highest BCUT2D eigenvalue weighted by atomic mass is 32.2. The minimum absolute atomic E-state index is 0.200. The Bertz CT molecular complexity index is 605. The third-order valence-corrected chi connectivity index (χ3v) is 3.93. The maximum atomic E-state index is 13.5. The first-order valence-corrected chi connectivity index (χ1v) is 8.04. The van der Waals surface area contributed by atoms with Gasteiger partial charge in [0.2, 0.25) is 10.0 Å². The first-order chi connectivity index (χ1) is 9.71. The summed E-state index contributed by atoms with van der Waals surface area (Å²) in [7, 11) is -3.75. The van der Waals surface area contributed by atoms with Crippen LogP contribution in [0.15, 0.2) is 18.2 Å². The van der Waals surface area contributed by atoms with Crippen LogP contribution >= 0.6 is 0 Å². The van der Waals surface area contributed by atoms with Crippen LogP contribution in [-0.4, -0.2) is 31.7 Å². The predicted octanol–water partition coefficient (Wildman–Crippen LogP) is 1.86. The van der Waals surface area contributed by atoms with E-state index < -0.39 is 26.5 Å². The third-order valence-electron chi connectivity index (χ3n) is 2.57. The standard InChI is InChI=1S/C12H18FN3O4S/c1-9(2)14-6-3-7-21(19,20)15-12-8-10(16(17)18)4-5-11(12)13/h4-5,8-9,14-15H,3,6-7H2,1-2H3. The van der Waals surface area contributed by atoms with E-state index in [-0.39, 0.29) is 17.5 Å². The van der Waals surface area contributed by atoms with Crippen LogP contribution in [0.2, 0.25) is 0 Å². The molecule has 0 amide bonds. The van der Waals surface area contributed by atoms with Gasteiger partial charge in [-0.25, -0.2) is 12.8 Å². The van der Waals surface area contributed by atoms with Crippen LogP contribution in [0.1, 0.15) is 20.3 Å². The van der Waals surface area contributed by atoms with Crippen LogP contribution in [0, 0.1) is 15.9 Å². The van der Waals surface area contributed by atoms with Crippen LogP contribution in [0.25, 0.3) is 0 Å². The van der Waals surface area contributed by atoms with Crippen molar-refractivity contribution in [3.63, 3.8) is 0 Å². The van der Waals surface area contributed by atoms with Gasteiger partial charge in [0.1, 0.15) is 5.82 Å². The van der Waals surface area contributed by atoms with Gasteiger partial charge in [0, 0.05) is 18.2 Å². The number of benzene rings is 1. The van der Waals surface area contributed by atoms with Gasteiger partial charge >= 0.3 is 0 Å². The molecule has 0 aliphatic carbocycles. The van der Waals surface area contributed by atoms with E-state index in [0.717, 1.165) is 18.2 Å². The van der Waals surface area contributed by atoms with E-state index in [9.17, 15) is 22.9 Å². The van der Waals surface area contributed by atoms with E-state index >= 15 is 0 Å². The second-order valence-electron chi connectivity index (χ2n) is 4.80. The maximum Gasteiger partial charge on any atom is 0.271 e. The lowest BCUT2D eigenvalue weighted by atomic mass is 10.3. The maximum absolute atomic E-state index is 13.5. The molecule has 0 unspecified atom stereocenters. The number of nitrogens with one attached hydrogen (secondary N) is 2. The quantitative estimate of drug-likeness (QED) is 0.433. The van der Waals surface area contributed by atoms with Gasteiger partial charge in [-0.05, 0) is 19.0 Å². The van der Waals surface area contributed by atoms with Crippen molar-refractivity contribution in [3.05, 3.63) is 34.1 Å².